The van der Waals surface area contributed by atoms with E-state index in [1.54, 1.807) is 17.9 Å². The van der Waals surface area contributed by atoms with E-state index < -0.39 is 10.8 Å². The molecule has 0 aliphatic carbocycles. The minimum absolute atomic E-state index is 0.0454. The van der Waals surface area contributed by atoms with Gasteiger partial charge in [-0.15, -0.1) is 0 Å². The first-order valence-electron chi connectivity index (χ1n) is 8.32. The third kappa shape index (κ3) is 3.72. The molecule has 7 heteroatoms. The van der Waals surface area contributed by atoms with Crippen LogP contribution in [0.5, 0.6) is 0 Å². The quantitative estimate of drug-likeness (QED) is 0.661. The molecular formula is C19H19N3O4. The second-order valence-electron chi connectivity index (χ2n) is 6.36. The largest absolute Gasteiger partial charge is 0.338 e. The Kier molecular flexibility index (Phi) is 4.97. The van der Waals surface area contributed by atoms with Crippen molar-refractivity contribution in [2.24, 2.45) is 5.92 Å². The fraction of sp³-hybridized carbons (Fsp3) is 0.263. The highest BCUT2D eigenvalue weighted by atomic mass is 16.6. The van der Waals surface area contributed by atoms with E-state index in [-0.39, 0.29) is 23.9 Å². The summed E-state index contributed by atoms with van der Waals surface area (Å²) in [5, 5.41) is 13.7. The Bertz CT molecular complexity index is 851. The molecule has 0 saturated carbocycles. The topological polar surface area (TPSA) is 92.6 Å². The molecule has 7 nitrogen and oxygen atoms in total. The third-order valence-electron chi connectivity index (χ3n) is 4.56. The number of amides is 2. The Balaban J connectivity index is 1.67. The first-order chi connectivity index (χ1) is 12.5. The van der Waals surface area contributed by atoms with Gasteiger partial charge < -0.3 is 10.2 Å². The summed E-state index contributed by atoms with van der Waals surface area (Å²) >= 11 is 0. The lowest BCUT2D eigenvalue weighted by atomic mass is 10.1. The Morgan fingerprint density at radius 2 is 1.96 bits per heavy atom. The summed E-state index contributed by atoms with van der Waals surface area (Å²) in [4.78, 5) is 36.9. The maximum absolute atomic E-state index is 12.5. The van der Waals surface area contributed by atoms with Gasteiger partial charge in [0.15, 0.2) is 0 Å². The number of anilines is 1. The molecule has 0 spiro atoms. The van der Waals surface area contributed by atoms with Crippen LogP contribution in [0.1, 0.15) is 17.5 Å². The molecule has 0 radical (unpaired) electrons. The Hall–Kier alpha value is -3.22. The predicted molar refractivity (Wildman–Crippen MR) is 96.4 cm³/mol. The molecule has 0 unspecified atom stereocenters. The number of nitro benzene ring substituents is 1. The lowest BCUT2D eigenvalue weighted by molar-refractivity contribution is -0.385. The van der Waals surface area contributed by atoms with Crippen LogP contribution in [0, 0.1) is 23.0 Å². The highest BCUT2D eigenvalue weighted by molar-refractivity contribution is 5.98. The predicted octanol–water partition coefficient (Wildman–Crippen LogP) is 2.89. The Labute approximate surface area is 150 Å². The highest BCUT2D eigenvalue weighted by Crippen LogP contribution is 2.27. The van der Waals surface area contributed by atoms with Gasteiger partial charge in [-0.1, -0.05) is 36.4 Å². The molecule has 26 heavy (non-hydrogen) atoms. The molecule has 134 valence electrons. The molecule has 1 fully saturated rings. The monoisotopic (exact) mass is 353 g/mol. The number of hydrogen-bond acceptors (Lipinski definition) is 4. The Morgan fingerprint density at radius 3 is 2.65 bits per heavy atom. The molecule has 2 aromatic carbocycles. The fourth-order valence-electron chi connectivity index (χ4n) is 3.10. The number of nitrogens with zero attached hydrogens (tertiary/aromatic N) is 2. The van der Waals surface area contributed by atoms with Gasteiger partial charge in [0.05, 0.1) is 22.1 Å². The number of carbonyl (C=O) groups is 2. The summed E-state index contributed by atoms with van der Waals surface area (Å²) in [5.41, 5.74) is 1.77. The Morgan fingerprint density at radius 1 is 1.23 bits per heavy atom. The number of carbonyl (C=O) groups excluding carboxylic acids is 2. The second kappa shape index (κ2) is 7.35. The van der Waals surface area contributed by atoms with Crippen LogP contribution in [-0.2, 0) is 16.1 Å². The van der Waals surface area contributed by atoms with Crippen LogP contribution in [-0.4, -0.2) is 28.2 Å². The van der Waals surface area contributed by atoms with E-state index in [1.807, 2.05) is 30.3 Å². The van der Waals surface area contributed by atoms with Crippen LogP contribution in [0.3, 0.4) is 0 Å². The molecule has 1 saturated heterocycles. The molecule has 1 aliphatic rings. The van der Waals surface area contributed by atoms with Gasteiger partial charge in [-0.05, 0) is 18.6 Å². The minimum atomic E-state index is -0.480. The van der Waals surface area contributed by atoms with Crippen molar-refractivity contribution < 1.29 is 14.5 Å². The van der Waals surface area contributed by atoms with E-state index in [1.165, 1.54) is 12.1 Å². The molecule has 3 rings (SSSR count). The van der Waals surface area contributed by atoms with Gasteiger partial charge in [0, 0.05) is 25.6 Å². The maximum Gasteiger partial charge on any atom is 0.274 e. The van der Waals surface area contributed by atoms with Crippen molar-refractivity contribution in [2.75, 3.05) is 11.9 Å². The summed E-state index contributed by atoms with van der Waals surface area (Å²) in [7, 11) is 0. The van der Waals surface area contributed by atoms with Crippen molar-refractivity contribution >= 4 is 23.2 Å². The van der Waals surface area contributed by atoms with E-state index in [4.69, 9.17) is 0 Å². The summed E-state index contributed by atoms with van der Waals surface area (Å²) in [6.07, 6.45) is 0.145. The van der Waals surface area contributed by atoms with Gasteiger partial charge in [0.1, 0.15) is 0 Å². The maximum atomic E-state index is 12.5. The smallest absolute Gasteiger partial charge is 0.274 e. The van der Waals surface area contributed by atoms with Crippen molar-refractivity contribution in [3.8, 4) is 0 Å². The van der Waals surface area contributed by atoms with Crippen LogP contribution in [0.2, 0.25) is 0 Å². The average Bonchev–Trinajstić information content (AvgIpc) is 2.98. The molecule has 2 amide bonds. The van der Waals surface area contributed by atoms with Crippen molar-refractivity contribution in [1.29, 1.82) is 0 Å². The lowest BCUT2D eigenvalue weighted by Gasteiger charge is -2.17. The van der Waals surface area contributed by atoms with Gasteiger partial charge in [-0.2, -0.15) is 0 Å². The van der Waals surface area contributed by atoms with Crippen molar-refractivity contribution in [2.45, 2.75) is 19.9 Å². The molecule has 1 atom stereocenters. The summed E-state index contributed by atoms with van der Waals surface area (Å²) in [6.45, 7) is 2.40. The SMILES string of the molecule is Cc1c(NC(=O)[C@H]2CC(=O)N(Cc3ccccc3)C2)cccc1[N+](=O)[O-]. The molecule has 0 aromatic heterocycles. The van der Waals surface area contributed by atoms with Crippen LogP contribution in [0.4, 0.5) is 11.4 Å². The van der Waals surface area contributed by atoms with E-state index in [2.05, 4.69) is 5.32 Å². The van der Waals surface area contributed by atoms with E-state index in [0.717, 1.165) is 5.56 Å². The molecular weight excluding hydrogens is 334 g/mol. The van der Waals surface area contributed by atoms with Crippen molar-refractivity contribution in [3.05, 3.63) is 69.8 Å². The molecule has 0 bridgehead atoms. The van der Waals surface area contributed by atoms with Gasteiger partial charge in [0.2, 0.25) is 11.8 Å². The van der Waals surface area contributed by atoms with E-state index in [9.17, 15) is 19.7 Å². The van der Waals surface area contributed by atoms with Crippen molar-refractivity contribution in [1.82, 2.24) is 4.90 Å². The number of nitro groups is 1. The average molecular weight is 353 g/mol. The van der Waals surface area contributed by atoms with Gasteiger partial charge in [-0.25, -0.2) is 0 Å². The van der Waals surface area contributed by atoms with E-state index >= 15 is 0 Å². The fourth-order valence-corrected chi connectivity index (χ4v) is 3.10. The van der Waals surface area contributed by atoms with Crippen LogP contribution >= 0.6 is 0 Å². The number of rotatable bonds is 5. The molecule has 1 aliphatic heterocycles. The van der Waals surface area contributed by atoms with Gasteiger partial charge in [-0.3, -0.25) is 19.7 Å². The normalized spacial score (nSPS) is 16.6. The second-order valence-corrected chi connectivity index (χ2v) is 6.36. The summed E-state index contributed by atoms with van der Waals surface area (Å²) < 4.78 is 0. The zero-order valence-corrected chi connectivity index (χ0v) is 14.3. The first kappa shape index (κ1) is 17.6. The van der Waals surface area contributed by atoms with Gasteiger partial charge >= 0.3 is 0 Å². The molecule has 2 aromatic rings. The molecule has 1 heterocycles. The van der Waals surface area contributed by atoms with Crippen LogP contribution in [0.25, 0.3) is 0 Å². The summed E-state index contributed by atoms with van der Waals surface area (Å²) in [6, 6.07) is 14.1. The van der Waals surface area contributed by atoms with Crippen LogP contribution in [0.15, 0.2) is 48.5 Å². The van der Waals surface area contributed by atoms with E-state index in [0.29, 0.717) is 24.3 Å². The standard InChI is InChI=1S/C19H19N3O4/c1-13-16(8-5-9-17(13)22(25)26)20-19(24)15-10-18(23)21(12-15)11-14-6-3-2-4-7-14/h2-9,15H,10-12H2,1H3,(H,20,24)/t15-/m0/s1. The zero-order valence-electron chi connectivity index (χ0n) is 14.3. The van der Waals surface area contributed by atoms with Crippen molar-refractivity contribution in [3.63, 3.8) is 0 Å². The molecule has 1 N–H and O–H groups in total. The highest BCUT2D eigenvalue weighted by Gasteiger charge is 2.34. The number of nitrogens with one attached hydrogen (secondary N) is 1. The number of benzene rings is 2. The summed E-state index contributed by atoms with van der Waals surface area (Å²) in [5.74, 6) is -0.827. The number of likely N-dealkylation sites (tertiary alicyclic amines) is 1. The van der Waals surface area contributed by atoms with Crippen LogP contribution < -0.4 is 5.32 Å². The number of hydrogen-bond donors (Lipinski definition) is 1. The zero-order chi connectivity index (χ0) is 18.7. The third-order valence-corrected chi connectivity index (χ3v) is 4.56. The van der Waals surface area contributed by atoms with Gasteiger partial charge in [0.25, 0.3) is 5.69 Å². The minimum Gasteiger partial charge on any atom is -0.338 e. The lowest BCUT2D eigenvalue weighted by Crippen LogP contribution is -2.28. The first-order valence-corrected chi connectivity index (χ1v) is 8.32.